The molecule has 0 bridgehead atoms. The highest BCUT2D eigenvalue weighted by Gasteiger charge is 2.38. The number of nitro benzene ring substituents is 1. The molecule has 1 amide bonds. The molecule has 0 aliphatic carbocycles. The minimum atomic E-state index is -0.679. The number of allylic oxidation sites excluding steroid dienone is 1. The molecular weight excluding hydrogens is 364 g/mol. The quantitative estimate of drug-likeness (QED) is 0.378. The number of nitrogens with zero attached hydrogens (tertiary/aromatic N) is 2. The molecule has 8 nitrogen and oxygen atoms in total. The predicted molar refractivity (Wildman–Crippen MR) is 101 cm³/mol. The molecule has 0 atom stereocenters. The molecule has 2 aromatic rings. The zero-order valence-corrected chi connectivity index (χ0v) is 15.1. The lowest BCUT2D eigenvalue weighted by molar-refractivity contribution is -0.384. The molecule has 0 saturated heterocycles. The Balaban J connectivity index is 2.11. The van der Waals surface area contributed by atoms with E-state index in [0.29, 0.717) is 16.9 Å². The van der Waals surface area contributed by atoms with Gasteiger partial charge in [0.25, 0.3) is 11.6 Å². The maximum atomic E-state index is 13.1. The van der Waals surface area contributed by atoms with Gasteiger partial charge >= 0.3 is 5.97 Å². The molecule has 142 valence electrons. The van der Waals surface area contributed by atoms with E-state index in [2.05, 4.69) is 0 Å². The van der Waals surface area contributed by atoms with Crippen molar-refractivity contribution < 1.29 is 24.4 Å². The number of amides is 1. The minimum Gasteiger partial charge on any atom is -0.508 e. The standard InChI is InChI=1S/C20H16N2O6/c1-12-18(20(25)28-2)17(11-13-4-3-5-16(23)10-13)19(24)21(12)14-6-8-15(9-7-14)22(26)27/h3-11,23H,1-2H3/b17-11-. The molecule has 28 heavy (non-hydrogen) atoms. The van der Waals surface area contributed by atoms with E-state index in [1.54, 1.807) is 19.1 Å². The third-order valence-electron chi connectivity index (χ3n) is 4.29. The number of phenols is 1. The summed E-state index contributed by atoms with van der Waals surface area (Å²) in [5.41, 5.74) is 1.34. The smallest absolute Gasteiger partial charge is 0.340 e. The van der Waals surface area contributed by atoms with Crippen molar-refractivity contribution in [2.45, 2.75) is 6.92 Å². The number of benzene rings is 2. The van der Waals surface area contributed by atoms with Gasteiger partial charge in [0.1, 0.15) is 5.75 Å². The molecule has 1 N–H and O–H groups in total. The maximum Gasteiger partial charge on any atom is 0.340 e. The van der Waals surface area contributed by atoms with Crippen LogP contribution in [0.15, 0.2) is 65.4 Å². The largest absolute Gasteiger partial charge is 0.508 e. The van der Waals surface area contributed by atoms with Gasteiger partial charge in [-0.3, -0.25) is 19.8 Å². The molecule has 3 rings (SSSR count). The second-order valence-corrected chi connectivity index (χ2v) is 6.02. The van der Waals surface area contributed by atoms with Crippen molar-refractivity contribution >= 4 is 29.3 Å². The van der Waals surface area contributed by atoms with E-state index < -0.39 is 16.8 Å². The summed E-state index contributed by atoms with van der Waals surface area (Å²) in [5, 5.41) is 20.5. The van der Waals surface area contributed by atoms with Crippen LogP contribution in [0.2, 0.25) is 0 Å². The number of phenolic OH excluding ortho intramolecular Hbond substituents is 1. The van der Waals surface area contributed by atoms with Crippen molar-refractivity contribution in [2.24, 2.45) is 0 Å². The van der Waals surface area contributed by atoms with Crippen LogP contribution in [0.5, 0.6) is 5.75 Å². The zero-order chi connectivity index (χ0) is 20.4. The number of rotatable bonds is 4. The Hall–Kier alpha value is -3.94. The Kier molecular flexibility index (Phi) is 4.95. The fraction of sp³-hybridized carbons (Fsp3) is 0.100. The first kappa shape index (κ1) is 18.8. The maximum absolute atomic E-state index is 13.1. The highest BCUT2D eigenvalue weighted by molar-refractivity contribution is 6.23. The molecule has 1 aliphatic heterocycles. The van der Waals surface area contributed by atoms with Gasteiger partial charge in [-0.15, -0.1) is 0 Å². The molecule has 2 aromatic carbocycles. The van der Waals surface area contributed by atoms with Crippen molar-refractivity contribution in [3.05, 3.63) is 81.1 Å². The van der Waals surface area contributed by atoms with E-state index in [0.717, 1.165) is 0 Å². The van der Waals surface area contributed by atoms with Crippen molar-refractivity contribution in [1.82, 2.24) is 0 Å². The number of anilines is 1. The number of carbonyl (C=O) groups is 2. The number of ether oxygens (including phenoxy) is 1. The number of hydrogen-bond acceptors (Lipinski definition) is 6. The molecular formula is C20H16N2O6. The lowest BCUT2D eigenvalue weighted by atomic mass is 10.0. The van der Waals surface area contributed by atoms with Crippen molar-refractivity contribution in [3.8, 4) is 5.75 Å². The number of aromatic hydroxyl groups is 1. The summed E-state index contributed by atoms with van der Waals surface area (Å²) in [6, 6.07) is 11.7. The third kappa shape index (κ3) is 3.35. The second kappa shape index (κ2) is 7.36. The van der Waals surface area contributed by atoms with E-state index in [1.165, 1.54) is 54.5 Å². The van der Waals surface area contributed by atoms with Gasteiger partial charge in [-0.05, 0) is 42.8 Å². The van der Waals surface area contributed by atoms with Crippen LogP contribution in [-0.2, 0) is 14.3 Å². The number of non-ortho nitro benzene ring substituents is 1. The molecule has 0 unspecified atom stereocenters. The molecule has 1 heterocycles. The number of methoxy groups -OCH3 is 1. The van der Waals surface area contributed by atoms with E-state index in [9.17, 15) is 24.8 Å². The van der Waals surface area contributed by atoms with Gasteiger partial charge in [-0.2, -0.15) is 0 Å². The molecule has 0 aromatic heterocycles. The first-order valence-electron chi connectivity index (χ1n) is 8.22. The van der Waals surface area contributed by atoms with E-state index in [1.807, 2.05) is 0 Å². The highest BCUT2D eigenvalue weighted by Crippen LogP contribution is 2.36. The Morgan fingerprint density at radius 1 is 1.21 bits per heavy atom. The van der Waals surface area contributed by atoms with Crippen LogP contribution >= 0.6 is 0 Å². The number of hydrogen-bond donors (Lipinski definition) is 1. The van der Waals surface area contributed by atoms with E-state index >= 15 is 0 Å². The fourth-order valence-corrected chi connectivity index (χ4v) is 3.00. The van der Waals surface area contributed by atoms with Crippen LogP contribution in [0.25, 0.3) is 6.08 Å². The van der Waals surface area contributed by atoms with Gasteiger partial charge in [0, 0.05) is 23.5 Å². The van der Waals surface area contributed by atoms with Gasteiger partial charge in [0.15, 0.2) is 0 Å². The first-order chi connectivity index (χ1) is 13.3. The summed E-state index contributed by atoms with van der Waals surface area (Å²) in [5.74, 6) is -1.14. The highest BCUT2D eigenvalue weighted by atomic mass is 16.6. The van der Waals surface area contributed by atoms with Crippen LogP contribution in [0.4, 0.5) is 11.4 Å². The molecule has 0 fully saturated rings. The second-order valence-electron chi connectivity index (χ2n) is 6.02. The first-order valence-corrected chi connectivity index (χ1v) is 8.22. The van der Waals surface area contributed by atoms with Crippen LogP contribution in [0.3, 0.4) is 0 Å². The zero-order valence-electron chi connectivity index (χ0n) is 15.1. The summed E-state index contributed by atoms with van der Waals surface area (Å²) in [6.45, 7) is 1.59. The van der Waals surface area contributed by atoms with E-state index in [-0.39, 0.29) is 22.6 Å². The summed E-state index contributed by atoms with van der Waals surface area (Å²) in [4.78, 5) is 37.0. The number of carbonyl (C=O) groups excluding carboxylic acids is 2. The van der Waals surface area contributed by atoms with Crippen LogP contribution in [0, 0.1) is 10.1 Å². The van der Waals surface area contributed by atoms with Crippen LogP contribution in [0.1, 0.15) is 12.5 Å². The van der Waals surface area contributed by atoms with Crippen LogP contribution < -0.4 is 4.90 Å². The lowest BCUT2D eigenvalue weighted by Gasteiger charge is -2.17. The molecule has 1 aliphatic rings. The Bertz CT molecular complexity index is 1040. The lowest BCUT2D eigenvalue weighted by Crippen LogP contribution is -2.24. The summed E-state index contributed by atoms with van der Waals surface area (Å²) < 4.78 is 4.82. The van der Waals surface area contributed by atoms with Gasteiger partial charge in [-0.25, -0.2) is 4.79 Å². The fourth-order valence-electron chi connectivity index (χ4n) is 3.00. The van der Waals surface area contributed by atoms with Gasteiger partial charge in [0.05, 0.1) is 23.2 Å². The van der Waals surface area contributed by atoms with E-state index in [4.69, 9.17) is 4.74 Å². The Labute approximate surface area is 160 Å². The van der Waals surface area contributed by atoms with Crippen molar-refractivity contribution in [1.29, 1.82) is 0 Å². The van der Waals surface area contributed by atoms with Gasteiger partial charge in [0.2, 0.25) is 0 Å². The summed E-state index contributed by atoms with van der Waals surface area (Å²) in [7, 11) is 1.22. The number of nitro groups is 1. The molecule has 0 radical (unpaired) electrons. The van der Waals surface area contributed by atoms with Gasteiger partial charge in [-0.1, -0.05) is 12.1 Å². The average molecular weight is 380 g/mol. The minimum absolute atomic E-state index is 0.0207. The summed E-state index contributed by atoms with van der Waals surface area (Å²) in [6.07, 6.45) is 1.49. The van der Waals surface area contributed by atoms with Crippen molar-refractivity contribution in [2.75, 3.05) is 12.0 Å². The molecule has 0 spiro atoms. The van der Waals surface area contributed by atoms with Crippen LogP contribution in [-0.4, -0.2) is 29.0 Å². The molecule has 0 saturated carbocycles. The van der Waals surface area contributed by atoms with Gasteiger partial charge < -0.3 is 9.84 Å². The topological polar surface area (TPSA) is 110 Å². The normalized spacial score (nSPS) is 15.3. The average Bonchev–Trinajstić information content (AvgIpc) is 2.91. The Morgan fingerprint density at radius 3 is 2.46 bits per heavy atom. The van der Waals surface area contributed by atoms with Crippen molar-refractivity contribution in [3.63, 3.8) is 0 Å². The summed E-state index contributed by atoms with van der Waals surface area (Å²) >= 11 is 0. The molecule has 8 heteroatoms. The SMILES string of the molecule is COC(=O)C1=C(C)N(c2ccc([N+](=O)[O-])cc2)C(=O)/C1=C\c1cccc(O)c1. The third-order valence-corrected chi connectivity index (χ3v) is 4.29. The predicted octanol–water partition coefficient (Wildman–Crippen LogP) is 3.18. The monoisotopic (exact) mass is 380 g/mol. The Morgan fingerprint density at radius 2 is 1.89 bits per heavy atom. The number of esters is 1.